The molecule has 0 aliphatic carbocycles. The van der Waals surface area contributed by atoms with Crippen molar-refractivity contribution in [3.63, 3.8) is 0 Å². The van der Waals surface area contributed by atoms with E-state index in [1.807, 2.05) is 36.6 Å². The molecular formula is C16H21N3O2S. The summed E-state index contributed by atoms with van der Waals surface area (Å²) in [6.45, 7) is 4.75. The molecule has 1 aliphatic rings. The SMILES string of the molecule is CCn1c(NC(=O)C2(O)CCSCC2)nc2cc(C)ccc21. The zero-order valence-corrected chi connectivity index (χ0v) is 13.7. The van der Waals surface area contributed by atoms with Crippen LogP contribution in [0.15, 0.2) is 18.2 Å². The van der Waals surface area contributed by atoms with E-state index >= 15 is 0 Å². The number of nitrogens with zero attached hydrogens (tertiary/aromatic N) is 2. The summed E-state index contributed by atoms with van der Waals surface area (Å²) >= 11 is 1.77. The Morgan fingerprint density at radius 1 is 1.45 bits per heavy atom. The molecule has 5 nitrogen and oxygen atoms in total. The highest BCUT2D eigenvalue weighted by molar-refractivity contribution is 7.99. The fourth-order valence-electron chi connectivity index (χ4n) is 2.81. The van der Waals surface area contributed by atoms with Crippen LogP contribution in [0.25, 0.3) is 11.0 Å². The third-order valence-electron chi connectivity index (χ3n) is 4.19. The summed E-state index contributed by atoms with van der Waals surface area (Å²) in [5.74, 6) is 1.80. The zero-order valence-electron chi connectivity index (χ0n) is 12.9. The summed E-state index contributed by atoms with van der Waals surface area (Å²) in [5.41, 5.74) is 1.73. The van der Waals surface area contributed by atoms with Crippen LogP contribution in [0.3, 0.4) is 0 Å². The number of amides is 1. The molecule has 0 unspecified atom stereocenters. The number of carbonyl (C=O) groups is 1. The second kappa shape index (κ2) is 5.93. The molecule has 0 atom stereocenters. The van der Waals surface area contributed by atoms with E-state index in [1.165, 1.54) is 0 Å². The van der Waals surface area contributed by atoms with E-state index in [9.17, 15) is 9.90 Å². The zero-order chi connectivity index (χ0) is 15.7. The predicted octanol–water partition coefficient (Wildman–Crippen LogP) is 2.56. The van der Waals surface area contributed by atoms with Gasteiger partial charge in [0.1, 0.15) is 5.60 Å². The van der Waals surface area contributed by atoms with E-state index in [2.05, 4.69) is 10.3 Å². The quantitative estimate of drug-likeness (QED) is 0.912. The van der Waals surface area contributed by atoms with Crippen molar-refractivity contribution in [1.29, 1.82) is 0 Å². The molecule has 1 fully saturated rings. The van der Waals surface area contributed by atoms with Crippen molar-refractivity contribution < 1.29 is 9.90 Å². The normalized spacial score (nSPS) is 17.6. The number of benzene rings is 1. The van der Waals surface area contributed by atoms with Crippen LogP contribution in [0.4, 0.5) is 5.95 Å². The lowest BCUT2D eigenvalue weighted by Crippen LogP contribution is -2.46. The predicted molar refractivity (Wildman–Crippen MR) is 90.3 cm³/mol. The number of carbonyl (C=O) groups excluding carboxylic acids is 1. The Labute approximate surface area is 134 Å². The van der Waals surface area contributed by atoms with Gasteiger partial charge in [0.05, 0.1) is 11.0 Å². The van der Waals surface area contributed by atoms with Crippen LogP contribution in [0.2, 0.25) is 0 Å². The number of aryl methyl sites for hydroxylation is 2. The number of anilines is 1. The van der Waals surface area contributed by atoms with Crippen LogP contribution in [0.5, 0.6) is 0 Å². The Bertz CT molecular complexity index is 705. The maximum absolute atomic E-state index is 12.5. The van der Waals surface area contributed by atoms with Gasteiger partial charge in [-0.25, -0.2) is 4.98 Å². The molecule has 3 rings (SSSR count). The van der Waals surface area contributed by atoms with Gasteiger partial charge in [-0.15, -0.1) is 0 Å². The van der Waals surface area contributed by atoms with Crippen LogP contribution < -0.4 is 5.32 Å². The Kier molecular flexibility index (Phi) is 4.14. The van der Waals surface area contributed by atoms with Gasteiger partial charge < -0.3 is 9.67 Å². The molecule has 1 aromatic heterocycles. The number of hydrogen-bond donors (Lipinski definition) is 2. The van der Waals surface area contributed by atoms with Crippen LogP contribution in [0.1, 0.15) is 25.3 Å². The first kappa shape index (κ1) is 15.4. The molecular weight excluding hydrogens is 298 g/mol. The Morgan fingerprint density at radius 3 is 2.86 bits per heavy atom. The molecule has 0 saturated carbocycles. The molecule has 0 radical (unpaired) electrons. The minimum absolute atomic E-state index is 0.338. The van der Waals surface area contributed by atoms with Gasteiger partial charge in [-0.3, -0.25) is 10.1 Å². The van der Waals surface area contributed by atoms with Crippen molar-refractivity contribution in [3.8, 4) is 0 Å². The Morgan fingerprint density at radius 2 is 2.18 bits per heavy atom. The second-order valence-corrected chi connectivity index (χ2v) is 6.99. The molecule has 0 bridgehead atoms. The smallest absolute Gasteiger partial charge is 0.258 e. The highest BCUT2D eigenvalue weighted by Crippen LogP contribution is 2.29. The number of aromatic nitrogens is 2. The first-order chi connectivity index (χ1) is 10.5. The summed E-state index contributed by atoms with van der Waals surface area (Å²) in [5, 5.41) is 13.4. The molecule has 2 heterocycles. The first-order valence-corrected chi connectivity index (χ1v) is 8.77. The monoisotopic (exact) mass is 319 g/mol. The fourth-order valence-corrected chi connectivity index (χ4v) is 3.98. The summed E-state index contributed by atoms with van der Waals surface area (Å²) in [6.07, 6.45) is 0.990. The molecule has 1 amide bonds. The van der Waals surface area contributed by atoms with Gasteiger partial charge in [-0.05, 0) is 55.9 Å². The highest BCUT2D eigenvalue weighted by Gasteiger charge is 2.38. The van der Waals surface area contributed by atoms with Gasteiger partial charge in [0.25, 0.3) is 5.91 Å². The third-order valence-corrected chi connectivity index (χ3v) is 5.17. The van der Waals surface area contributed by atoms with Crippen molar-refractivity contribution in [2.75, 3.05) is 16.8 Å². The van der Waals surface area contributed by atoms with E-state index in [-0.39, 0.29) is 5.91 Å². The minimum atomic E-state index is -1.27. The van der Waals surface area contributed by atoms with Gasteiger partial charge in [-0.1, -0.05) is 6.07 Å². The van der Waals surface area contributed by atoms with E-state index in [0.717, 1.165) is 28.1 Å². The number of thioether (sulfide) groups is 1. The lowest BCUT2D eigenvalue weighted by molar-refractivity contribution is -0.134. The molecule has 6 heteroatoms. The van der Waals surface area contributed by atoms with Gasteiger partial charge in [0.15, 0.2) is 0 Å². The Balaban J connectivity index is 1.91. The largest absolute Gasteiger partial charge is 0.380 e. The number of imidazole rings is 1. The van der Waals surface area contributed by atoms with E-state index in [0.29, 0.717) is 25.3 Å². The molecule has 2 aromatic rings. The maximum Gasteiger partial charge on any atom is 0.258 e. The average Bonchev–Trinajstić information content (AvgIpc) is 2.84. The number of aliphatic hydroxyl groups is 1. The van der Waals surface area contributed by atoms with Crippen molar-refractivity contribution >= 4 is 34.7 Å². The fraction of sp³-hybridized carbons (Fsp3) is 0.500. The highest BCUT2D eigenvalue weighted by atomic mass is 32.2. The van der Waals surface area contributed by atoms with Gasteiger partial charge in [0.2, 0.25) is 5.95 Å². The molecule has 1 aliphatic heterocycles. The molecule has 118 valence electrons. The summed E-state index contributed by atoms with van der Waals surface area (Å²) in [6, 6.07) is 6.06. The number of nitrogens with one attached hydrogen (secondary N) is 1. The van der Waals surface area contributed by atoms with Crippen molar-refractivity contribution in [1.82, 2.24) is 9.55 Å². The molecule has 22 heavy (non-hydrogen) atoms. The Hall–Kier alpha value is -1.53. The first-order valence-electron chi connectivity index (χ1n) is 7.62. The van der Waals surface area contributed by atoms with Crippen molar-refractivity contribution in [3.05, 3.63) is 23.8 Å². The third kappa shape index (κ3) is 2.73. The molecule has 1 aromatic carbocycles. The van der Waals surface area contributed by atoms with Gasteiger partial charge in [-0.2, -0.15) is 11.8 Å². The summed E-state index contributed by atoms with van der Waals surface area (Å²) < 4.78 is 1.97. The summed E-state index contributed by atoms with van der Waals surface area (Å²) in [4.78, 5) is 17.0. The van der Waals surface area contributed by atoms with Crippen molar-refractivity contribution in [2.24, 2.45) is 0 Å². The average molecular weight is 319 g/mol. The minimum Gasteiger partial charge on any atom is -0.380 e. The standard InChI is InChI=1S/C16H21N3O2S/c1-3-19-13-5-4-11(2)10-12(13)17-15(19)18-14(20)16(21)6-8-22-9-7-16/h4-5,10,21H,3,6-9H2,1-2H3,(H,17,18,20). The van der Waals surface area contributed by atoms with Crippen LogP contribution in [-0.2, 0) is 11.3 Å². The lowest BCUT2D eigenvalue weighted by Gasteiger charge is -2.30. The van der Waals surface area contributed by atoms with Crippen LogP contribution >= 0.6 is 11.8 Å². The topological polar surface area (TPSA) is 67.2 Å². The number of hydrogen-bond acceptors (Lipinski definition) is 4. The number of rotatable bonds is 3. The van der Waals surface area contributed by atoms with Crippen LogP contribution in [-0.4, -0.2) is 37.7 Å². The number of fused-ring (bicyclic) bond motifs is 1. The van der Waals surface area contributed by atoms with E-state index in [1.54, 1.807) is 11.8 Å². The van der Waals surface area contributed by atoms with Crippen molar-refractivity contribution in [2.45, 2.75) is 38.8 Å². The van der Waals surface area contributed by atoms with E-state index in [4.69, 9.17) is 0 Å². The molecule has 2 N–H and O–H groups in total. The van der Waals surface area contributed by atoms with Gasteiger partial charge in [0, 0.05) is 6.54 Å². The van der Waals surface area contributed by atoms with Crippen LogP contribution in [0, 0.1) is 6.92 Å². The summed E-state index contributed by atoms with van der Waals surface area (Å²) in [7, 11) is 0. The maximum atomic E-state index is 12.5. The van der Waals surface area contributed by atoms with Gasteiger partial charge >= 0.3 is 0 Å². The van der Waals surface area contributed by atoms with E-state index < -0.39 is 5.60 Å². The lowest BCUT2D eigenvalue weighted by atomic mass is 9.96. The molecule has 1 saturated heterocycles. The second-order valence-electron chi connectivity index (χ2n) is 5.77. The molecule has 0 spiro atoms.